The summed E-state index contributed by atoms with van der Waals surface area (Å²) in [5.41, 5.74) is 2.23. The number of thioether (sulfide) groups is 1. The summed E-state index contributed by atoms with van der Waals surface area (Å²) in [7, 11) is -3.79. The van der Waals surface area contributed by atoms with Gasteiger partial charge in [-0.3, -0.25) is 0 Å². The number of rotatable bonds is 8. The van der Waals surface area contributed by atoms with Crippen molar-refractivity contribution in [2.24, 2.45) is 5.14 Å². The number of aromatic nitrogens is 4. The van der Waals surface area contributed by atoms with Crippen LogP contribution in [0.1, 0.15) is 25.7 Å². The van der Waals surface area contributed by atoms with Gasteiger partial charge in [-0.15, -0.1) is 10.2 Å². The van der Waals surface area contributed by atoms with Crippen molar-refractivity contribution in [3.05, 3.63) is 53.4 Å². The first-order valence-electron chi connectivity index (χ1n) is 9.59. The quantitative estimate of drug-likeness (QED) is 0.372. The second-order valence-electron chi connectivity index (χ2n) is 6.89. The molecule has 2 aromatic heterocycles. The summed E-state index contributed by atoms with van der Waals surface area (Å²) >= 11 is 7.38. The van der Waals surface area contributed by atoms with E-state index < -0.39 is 10.0 Å². The van der Waals surface area contributed by atoms with E-state index in [4.69, 9.17) is 21.2 Å². The van der Waals surface area contributed by atoms with Crippen molar-refractivity contribution in [1.29, 1.82) is 0 Å². The van der Waals surface area contributed by atoms with Crippen LogP contribution in [0.3, 0.4) is 0 Å². The van der Waals surface area contributed by atoms with E-state index >= 15 is 0 Å². The number of nitrogens with two attached hydrogens (primary N) is 1. The monoisotopic (exact) mass is 477 g/mol. The summed E-state index contributed by atoms with van der Waals surface area (Å²) in [4.78, 5) is 4.67. The Balaban J connectivity index is 1.59. The number of hydrogen-bond donors (Lipinski definition) is 1. The maximum atomic E-state index is 11.7. The highest BCUT2D eigenvalue weighted by Gasteiger charge is 2.16. The first kappa shape index (κ1) is 21.8. The van der Waals surface area contributed by atoms with Gasteiger partial charge in [0.1, 0.15) is 0 Å². The van der Waals surface area contributed by atoms with Gasteiger partial charge in [-0.1, -0.05) is 36.7 Å². The smallest absolute Gasteiger partial charge is 0.247 e. The molecule has 2 heterocycles. The molecule has 0 aliphatic heterocycles. The molecule has 4 aromatic rings. The van der Waals surface area contributed by atoms with E-state index in [0.717, 1.165) is 35.6 Å². The summed E-state index contributed by atoms with van der Waals surface area (Å²) in [6, 6.07) is 11.9. The zero-order valence-electron chi connectivity index (χ0n) is 16.7. The second-order valence-corrected chi connectivity index (χ2v) is 9.83. The lowest BCUT2D eigenvalue weighted by atomic mass is 10.2. The summed E-state index contributed by atoms with van der Waals surface area (Å²) in [5, 5.41) is 14.9. The molecule has 0 fully saturated rings. The Bertz CT molecular complexity index is 1320. The van der Waals surface area contributed by atoms with Crippen LogP contribution in [0.4, 0.5) is 0 Å². The van der Waals surface area contributed by atoms with Crippen LogP contribution < -0.4 is 5.14 Å². The molecular weight excluding hydrogens is 458 g/mol. The number of primary sulfonamides is 1. The van der Waals surface area contributed by atoms with Crippen molar-refractivity contribution in [2.45, 2.75) is 42.1 Å². The van der Waals surface area contributed by atoms with E-state index in [1.165, 1.54) is 23.9 Å². The molecule has 0 saturated heterocycles. The Labute approximate surface area is 188 Å². The third-order valence-corrected chi connectivity index (χ3v) is 6.76. The van der Waals surface area contributed by atoms with Crippen LogP contribution in [-0.2, 0) is 22.3 Å². The maximum Gasteiger partial charge on any atom is 0.247 e. The Morgan fingerprint density at radius 1 is 1.16 bits per heavy atom. The third-order valence-electron chi connectivity index (χ3n) is 4.63. The number of sulfonamides is 1. The molecular formula is C20H20ClN5O3S2. The molecule has 8 nitrogen and oxygen atoms in total. The lowest BCUT2D eigenvalue weighted by Gasteiger charge is -2.07. The highest BCUT2D eigenvalue weighted by atomic mass is 35.5. The standard InChI is InChI=1S/C20H20ClN5O3S2/c1-2-3-10-26-17-9-8-15(31(22,27)28)11-16(17)23-20(26)30-12-18-24-25-19(29-18)13-4-6-14(21)7-5-13/h4-9,11H,2-3,10,12H2,1H3,(H2,22,27,28). The van der Waals surface area contributed by atoms with Gasteiger partial charge in [0.05, 0.1) is 21.7 Å². The zero-order chi connectivity index (χ0) is 22.0. The van der Waals surface area contributed by atoms with Crippen LogP contribution in [0.5, 0.6) is 0 Å². The average Bonchev–Trinajstić information content (AvgIpc) is 3.34. The van der Waals surface area contributed by atoms with Gasteiger partial charge in [0, 0.05) is 17.1 Å². The number of hydrogen-bond acceptors (Lipinski definition) is 7. The van der Waals surface area contributed by atoms with Gasteiger partial charge in [0.2, 0.25) is 21.8 Å². The number of benzene rings is 2. The van der Waals surface area contributed by atoms with Crippen LogP contribution in [0.25, 0.3) is 22.5 Å². The molecule has 0 aliphatic carbocycles. The Morgan fingerprint density at radius 3 is 2.65 bits per heavy atom. The molecule has 2 aromatic carbocycles. The van der Waals surface area contributed by atoms with E-state index in [-0.39, 0.29) is 4.90 Å². The zero-order valence-corrected chi connectivity index (χ0v) is 19.0. The van der Waals surface area contributed by atoms with Crippen LogP contribution in [0.2, 0.25) is 5.02 Å². The molecule has 11 heteroatoms. The number of imidazole rings is 1. The van der Waals surface area contributed by atoms with Gasteiger partial charge in [0.25, 0.3) is 0 Å². The molecule has 0 amide bonds. The summed E-state index contributed by atoms with van der Waals surface area (Å²) in [6.07, 6.45) is 1.99. The van der Waals surface area contributed by atoms with Gasteiger partial charge in [-0.2, -0.15) is 0 Å². The number of fused-ring (bicyclic) bond motifs is 1. The fraction of sp³-hybridized carbons (Fsp3) is 0.250. The van der Waals surface area contributed by atoms with Crippen molar-refractivity contribution in [3.8, 4) is 11.5 Å². The molecule has 0 bridgehead atoms. The first-order chi connectivity index (χ1) is 14.8. The van der Waals surface area contributed by atoms with Gasteiger partial charge in [0.15, 0.2) is 5.16 Å². The van der Waals surface area contributed by atoms with Gasteiger partial charge < -0.3 is 8.98 Å². The van der Waals surface area contributed by atoms with E-state index in [1.807, 2.05) is 12.1 Å². The summed E-state index contributed by atoms with van der Waals surface area (Å²) in [6.45, 7) is 2.88. The van der Waals surface area contributed by atoms with Crippen molar-refractivity contribution >= 4 is 44.4 Å². The Hall–Kier alpha value is -2.40. The van der Waals surface area contributed by atoms with Crippen molar-refractivity contribution < 1.29 is 12.8 Å². The van der Waals surface area contributed by atoms with E-state index in [2.05, 4.69) is 26.7 Å². The lowest BCUT2D eigenvalue weighted by Crippen LogP contribution is -2.11. The predicted octanol–water partition coefficient (Wildman–Crippen LogP) is 4.48. The SMILES string of the molecule is CCCCn1c(SCc2nnc(-c3ccc(Cl)cc3)o2)nc2cc(S(N)(=O)=O)ccc21. The highest BCUT2D eigenvalue weighted by molar-refractivity contribution is 7.98. The van der Waals surface area contributed by atoms with E-state index in [0.29, 0.717) is 28.1 Å². The van der Waals surface area contributed by atoms with Gasteiger partial charge in [-0.25, -0.2) is 18.5 Å². The van der Waals surface area contributed by atoms with E-state index in [9.17, 15) is 8.42 Å². The normalized spacial score (nSPS) is 12.0. The molecule has 2 N–H and O–H groups in total. The predicted molar refractivity (Wildman–Crippen MR) is 120 cm³/mol. The average molecular weight is 478 g/mol. The van der Waals surface area contributed by atoms with Crippen LogP contribution in [0.15, 0.2) is 56.9 Å². The number of aryl methyl sites for hydroxylation is 1. The molecule has 162 valence electrons. The van der Waals surface area contributed by atoms with Crippen molar-refractivity contribution in [3.63, 3.8) is 0 Å². The Kier molecular flexibility index (Phi) is 6.33. The fourth-order valence-corrected chi connectivity index (χ4v) is 4.59. The van der Waals surface area contributed by atoms with Crippen molar-refractivity contribution in [1.82, 2.24) is 19.7 Å². The summed E-state index contributed by atoms with van der Waals surface area (Å²) in [5.74, 6) is 1.32. The molecule has 0 radical (unpaired) electrons. The summed E-state index contributed by atoms with van der Waals surface area (Å²) < 4.78 is 31.2. The van der Waals surface area contributed by atoms with Crippen LogP contribution in [0, 0.1) is 0 Å². The number of nitrogens with zero attached hydrogens (tertiary/aromatic N) is 4. The lowest BCUT2D eigenvalue weighted by molar-refractivity contribution is 0.527. The molecule has 0 unspecified atom stereocenters. The topological polar surface area (TPSA) is 117 Å². The van der Waals surface area contributed by atoms with Gasteiger partial charge >= 0.3 is 0 Å². The minimum absolute atomic E-state index is 0.0428. The van der Waals surface area contributed by atoms with Gasteiger partial charge in [-0.05, 0) is 48.9 Å². The molecule has 0 atom stereocenters. The molecule has 0 saturated carbocycles. The number of halogens is 1. The van der Waals surface area contributed by atoms with Crippen molar-refractivity contribution in [2.75, 3.05) is 0 Å². The number of unbranched alkanes of at least 4 members (excludes halogenated alkanes) is 1. The maximum absolute atomic E-state index is 11.7. The minimum Gasteiger partial charge on any atom is -0.420 e. The third kappa shape index (κ3) is 4.93. The minimum atomic E-state index is -3.79. The molecule has 31 heavy (non-hydrogen) atoms. The van der Waals surface area contributed by atoms with Crippen LogP contribution in [-0.4, -0.2) is 28.2 Å². The first-order valence-corrected chi connectivity index (χ1v) is 12.5. The molecule has 4 rings (SSSR count). The highest BCUT2D eigenvalue weighted by Crippen LogP contribution is 2.29. The Morgan fingerprint density at radius 2 is 1.94 bits per heavy atom. The fourth-order valence-electron chi connectivity index (χ4n) is 3.05. The molecule has 0 spiro atoms. The van der Waals surface area contributed by atoms with E-state index in [1.54, 1.807) is 18.2 Å². The molecule has 0 aliphatic rings. The van der Waals surface area contributed by atoms with Crippen LogP contribution >= 0.6 is 23.4 Å². The second kappa shape index (κ2) is 8.99. The largest absolute Gasteiger partial charge is 0.420 e.